The maximum Gasteiger partial charge on any atom is 0.417 e. The van der Waals surface area contributed by atoms with Crippen molar-refractivity contribution in [2.45, 2.75) is 58.2 Å². The molecule has 3 rings (SSSR count). The van der Waals surface area contributed by atoms with Gasteiger partial charge in [-0.05, 0) is 55.7 Å². The number of nitriles is 1. The van der Waals surface area contributed by atoms with Gasteiger partial charge >= 0.3 is 6.18 Å². The predicted octanol–water partition coefficient (Wildman–Crippen LogP) is 3.69. The van der Waals surface area contributed by atoms with Gasteiger partial charge in [-0.25, -0.2) is 0 Å². The first kappa shape index (κ1) is 23.9. The molecule has 0 bridgehead atoms. The van der Waals surface area contributed by atoms with Crippen LogP contribution in [0.25, 0.3) is 0 Å². The Morgan fingerprint density at radius 1 is 1.25 bits per heavy atom. The maximum atomic E-state index is 13.3. The summed E-state index contributed by atoms with van der Waals surface area (Å²) in [5, 5.41) is 9.00. The van der Waals surface area contributed by atoms with E-state index in [1.54, 1.807) is 11.0 Å². The highest BCUT2D eigenvalue weighted by atomic mass is 19.4. The number of carbonyl (C=O) groups excluding carboxylic acids is 2. The Morgan fingerprint density at radius 3 is 2.38 bits per heavy atom. The smallest absolute Gasteiger partial charge is 0.371 e. The highest BCUT2D eigenvalue weighted by Crippen LogP contribution is 2.45. The van der Waals surface area contributed by atoms with E-state index in [1.807, 2.05) is 18.7 Å². The van der Waals surface area contributed by atoms with Gasteiger partial charge in [-0.3, -0.25) is 9.59 Å². The number of anilines is 1. The second-order valence-corrected chi connectivity index (χ2v) is 8.93. The average Bonchev–Trinajstić information content (AvgIpc) is 3.13. The molecule has 2 heterocycles. The standard InChI is InChI=1S/C23H29F3N4O2/c1-3-15(4-2)21(32)30-14-22(12-19(30)20(28)31)7-9-29(10-8-22)17-6-5-16(13-27)18(11-17)23(24,25)26/h5-6,11,15,19H,3-4,7-10,12,14H2,1-2H3,(H2,28,31). The van der Waals surface area contributed by atoms with E-state index >= 15 is 0 Å². The third-order valence-corrected chi connectivity index (χ3v) is 7.07. The molecule has 32 heavy (non-hydrogen) atoms. The summed E-state index contributed by atoms with van der Waals surface area (Å²) in [5.41, 5.74) is 4.44. The molecule has 1 unspecified atom stereocenters. The summed E-state index contributed by atoms with van der Waals surface area (Å²) in [6.45, 7) is 5.35. The summed E-state index contributed by atoms with van der Waals surface area (Å²) >= 11 is 0. The molecule has 0 saturated carbocycles. The minimum atomic E-state index is -4.60. The molecule has 0 aromatic heterocycles. The number of alkyl halides is 3. The van der Waals surface area contributed by atoms with E-state index in [0.717, 1.165) is 6.07 Å². The Balaban J connectivity index is 1.77. The van der Waals surface area contributed by atoms with Crippen molar-refractivity contribution >= 4 is 17.5 Å². The first-order valence-electron chi connectivity index (χ1n) is 11.0. The van der Waals surface area contributed by atoms with Gasteiger partial charge in [0.15, 0.2) is 0 Å². The summed E-state index contributed by atoms with van der Waals surface area (Å²) in [4.78, 5) is 28.6. The Morgan fingerprint density at radius 2 is 1.88 bits per heavy atom. The lowest BCUT2D eigenvalue weighted by Gasteiger charge is -2.40. The first-order valence-corrected chi connectivity index (χ1v) is 11.0. The number of likely N-dealkylation sites (tertiary alicyclic amines) is 1. The van der Waals surface area contributed by atoms with Gasteiger partial charge < -0.3 is 15.5 Å². The number of benzene rings is 1. The maximum absolute atomic E-state index is 13.3. The van der Waals surface area contributed by atoms with Crippen LogP contribution in [0.3, 0.4) is 0 Å². The molecule has 0 aliphatic carbocycles. The largest absolute Gasteiger partial charge is 0.417 e. The van der Waals surface area contributed by atoms with E-state index in [4.69, 9.17) is 11.0 Å². The van der Waals surface area contributed by atoms with Crippen molar-refractivity contribution in [3.05, 3.63) is 29.3 Å². The fourth-order valence-electron chi connectivity index (χ4n) is 5.08. The molecule has 9 heteroatoms. The van der Waals surface area contributed by atoms with Gasteiger partial charge in [0.05, 0.1) is 17.2 Å². The Hall–Kier alpha value is -2.76. The molecule has 2 aliphatic heterocycles. The van der Waals surface area contributed by atoms with Crippen LogP contribution < -0.4 is 10.6 Å². The molecule has 2 amide bonds. The zero-order valence-electron chi connectivity index (χ0n) is 18.4. The van der Waals surface area contributed by atoms with Crippen molar-refractivity contribution in [2.24, 2.45) is 17.1 Å². The van der Waals surface area contributed by atoms with Crippen LogP contribution in [0.2, 0.25) is 0 Å². The lowest BCUT2D eigenvalue weighted by atomic mass is 9.76. The third kappa shape index (κ3) is 4.54. The monoisotopic (exact) mass is 450 g/mol. The number of piperidine rings is 1. The minimum Gasteiger partial charge on any atom is -0.371 e. The fourth-order valence-corrected chi connectivity index (χ4v) is 5.08. The van der Waals surface area contributed by atoms with E-state index in [1.165, 1.54) is 12.1 Å². The summed E-state index contributed by atoms with van der Waals surface area (Å²) < 4.78 is 40.0. The van der Waals surface area contributed by atoms with Crippen molar-refractivity contribution < 1.29 is 22.8 Å². The van der Waals surface area contributed by atoms with E-state index in [-0.39, 0.29) is 17.2 Å². The van der Waals surface area contributed by atoms with E-state index in [9.17, 15) is 22.8 Å². The highest BCUT2D eigenvalue weighted by molar-refractivity contribution is 5.88. The molecule has 1 atom stereocenters. The van der Waals surface area contributed by atoms with Crippen LogP contribution in [0.15, 0.2) is 18.2 Å². The molecule has 1 aromatic rings. The molecule has 2 N–H and O–H groups in total. The average molecular weight is 451 g/mol. The normalized spacial score (nSPS) is 20.6. The van der Waals surface area contributed by atoms with E-state index < -0.39 is 29.3 Å². The Labute approximate surface area is 186 Å². The van der Waals surface area contributed by atoms with Crippen LogP contribution >= 0.6 is 0 Å². The number of hydrogen-bond acceptors (Lipinski definition) is 4. The molecule has 2 fully saturated rings. The van der Waals surface area contributed by atoms with Gasteiger partial charge in [0, 0.05) is 31.2 Å². The Kier molecular flexibility index (Phi) is 6.72. The molecule has 6 nitrogen and oxygen atoms in total. The summed E-state index contributed by atoms with van der Waals surface area (Å²) in [5.74, 6) is -0.697. The molecular formula is C23H29F3N4O2. The molecule has 174 valence electrons. The van der Waals surface area contributed by atoms with Gasteiger partial charge in [0.2, 0.25) is 11.8 Å². The second-order valence-electron chi connectivity index (χ2n) is 8.93. The number of nitrogens with two attached hydrogens (primary N) is 1. The van der Waals surface area contributed by atoms with Gasteiger partial charge in [0.25, 0.3) is 0 Å². The Bertz CT molecular complexity index is 913. The van der Waals surface area contributed by atoms with Gasteiger partial charge in [-0.2, -0.15) is 18.4 Å². The van der Waals surface area contributed by atoms with Gasteiger partial charge in [-0.1, -0.05) is 13.8 Å². The van der Waals surface area contributed by atoms with Crippen LogP contribution in [-0.4, -0.2) is 42.4 Å². The first-order chi connectivity index (χ1) is 15.0. The lowest BCUT2D eigenvalue weighted by molar-refractivity contribution is -0.141. The van der Waals surface area contributed by atoms with Crippen molar-refractivity contribution in [1.29, 1.82) is 5.26 Å². The van der Waals surface area contributed by atoms with Gasteiger partial charge in [0.1, 0.15) is 6.04 Å². The second kappa shape index (κ2) is 9.00. The topological polar surface area (TPSA) is 90.4 Å². The molecule has 0 radical (unpaired) electrons. The van der Waals surface area contributed by atoms with Crippen LogP contribution in [0.1, 0.15) is 57.1 Å². The molecule has 1 aromatic carbocycles. The van der Waals surface area contributed by atoms with Crippen molar-refractivity contribution in [1.82, 2.24) is 4.90 Å². The fraction of sp³-hybridized carbons (Fsp3) is 0.609. The molecular weight excluding hydrogens is 421 g/mol. The van der Waals surface area contributed by atoms with E-state index in [2.05, 4.69) is 0 Å². The lowest BCUT2D eigenvalue weighted by Crippen LogP contribution is -2.46. The summed E-state index contributed by atoms with van der Waals surface area (Å²) in [6, 6.07) is 4.73. The minimum absolute atomic E-state index is 0.0417. The number of nitrogens with zero attached hydrogens (tertiary/aromatic N) is 3. The zero-order chi connectivity index (χ0) is 23.7. The van der Waals surface area contributed by atoms with Crippen LogP contribution in [0.5, 0.6) is 0 Å². The summed E-state index contributed by atoms with van der Waals surface area (Å²) in [7, 11) is 0. The van der Waals surface area contributed by atoms with Gasteiger partial charge in [-0.15, -0.1) is 0 Å². The molecule has 2 aliphatic rings. The summed E-state index contributed by atoms with van der Waals surface area (Å²) in [6.07, 6.45) is -1.44. The number of primary amides is 1. The van der Waals surface area contributed by atoms with Crippen LogP contribution in [-0.2, 0) is 15.8 Å². The number of carbonyl (C=O) groups is 2. The predicted molar refractivity (Wildman–Crippen MR) is 113 cm³/mol. The quantitative estimate of drug-likeness (QED) is 0.741. The number of rotatable bonds is 5. The number of hydrogen-bond donors (Lipinski definition) is 1. The number of halogens is 3. The molecule has 1 spiro atoms. The third-order valence-electron chi connectivity index (χ3n) is 7.07. The van der Waals surface area contributed by atoms with Crippen LogP contribution in [0.4, 0.5) is 18.9 Å². The van der Waals surface area contributed by atoms with Crippen molar-refractivity contribution in [3.63, 3.8) is 0 Å². The molecule has 2 saturated heterocycles. The van der Waals surface area contributed by atoms with Crippen LogP contribution in [0, 0.1) is 22.7 Å². The SMILES string of the molecule is CCC(CC)C(=O)N1CC2(CCN(c3ccc(C#N)c(C(F)(F)F)c3)CC2)CC1C(N)=O. The van der Waals surface area contributed by atoms with Crippen molar-refractivity contribution in [2.75, 3.05) is 24.5 Å². The van der Waals surface area contributed by atoms with E-state index in [0.29, 0.717) is 57.4 Å². The van der Waals surface area contributed by atoms with Crippen molar-refractivity contribution in [3.8, 4) is 6.07 Å². The highest BCUT2D eigenvalue weighted by Gasteiger charge is 2.49. The number of amides is 2. The zero-order valence-corrected chi connectivity index (χ0v) is 18.4.